The number of carbonyl (C=O) groups excluding carboxylic acids is 2. The summed E-state index contributed by atoms with van der Waals surface area (Å²) in [4.78, 5) is 24.6. The first-order valence-corrected chi connectivity index (χ1v) is 10.1. The lowest BCUT2D eigenvalue weighted by Gasteiger charge is -2.09. The van der Waals surface area contributed by atoms with Gasteiger partial charge in [0, 0.05) is 15.6 Å². The second-order valence-electron chi connectivity index (χ2n) is 6.28. The van der Waals surface area contributed by atoms with Crippen LogP contribution in [-0.4, -0.2) is 29.8 Å². The molecule has 0 aliphatic carbocycles. The lowest BCUT2D eigenvalue weighted by Crippen LogP contribution is -2.17. The Morgan fingerprint density at radius 2 is 1.71 bits per heavy atom. The monoisotopic (exact) mass is 482 g/mol. The summed E-state index contributed by atoms with van der Waals surface area (Å²) in [5.74, 6) is 0.0325. The van der Waals surface area contributed by atoms with Crippen LogP contribution in [0.2, 0.25) is 0 Å². The van der Waals surface area contributed by atoms with E-state index in [4.69, 9.17) is 9.47 Å². The first-order valence-electron chi connectivity index (χ1n) is 9.33. The van der Waals surface area contributed by atoms with Gasteiger partial charge in [-0.3, -0.25) is 4.79 Å². The van der Waals surface area contributed by atoms with Gasteiger partial charge in [0.15, 0.2) is 0 Å². The van der Waals surface area contributed by atoms with Crippen molar-refractivity contribution >= 4 is 34.0 Å². The molecule has 0 fully saturated rings. The Balaban J connectivity index is 1.71. The standard InChI is InChI=1S/C23H19BrN2O5/c1-2-30-20-10-5-16(6-11-20)23(29)31-21-12-7-18(24)13-17(21)14-25-26-22(28)15-3-8-19(27)9-4-15/h3-14,27H,2H2,1H3,(H,26,28)/b25-14-. The number of phenolic OH excluding ortho intramolecular Hbond substituents is 1. The van der Waals surface area contributed by atoms with Gasteiger partial charge < -0.3 is 14.6 Å². The van der Waals surface area contributed by atoms with Crippen LogP contribution in [0.4, 0.5) is 0 Å². The van der Waals surface area contributed by atoms with Crippen molar-refractivity contribution in [1.29, 1.82) is 0 Å². The fourth-order valence-electron chi connectivity index (χ4n) is 2.56. The van der Waals surface area contributed by atoms with Crippen LogP contribution in [0.15, 0.2) is 76.3 Å². The molecule has 0 heterocycles. The maximum atomic E-state index is 12.5. The van der Waals surface area contributed by atoms with Crippen molar-refractivity contribution in [3.8, 4) is 17.2 Å². The number of hydrogen-bond donors (Lipinski definition) is 2. The highest BCUT2D eigenvalue weighted by atomic mass is 79.9. The molecule has 0 saturated heterocycles. The van der Waals surface area contributed by atoms with Crippen LogP contribution in [0.3, 0.4) is 0 Å². The second-order valence-corrected chi connectivity index (χ2v) is 7.19. The van der Waals surface area contributed by atoms with Gasteiger partial charge in [-0.1, -0.05) is 15.9 Å². The molecular weight excluding hydrogens is 464 g/mol. The van der Waals surface area contributed by atoms with Crippen LogP contribution in [0.25, 0.3) is 0 Å². The van der Waals surface area contributed by atoms with Crippen LogP contribution in [-0.2, 0) is 0 Å². The lowest BCUT2D eigenvalue weighted by molar-refractivity contribution is 0.0734. The number of rotatable bonds is 7. The number of aromatic hydroxyl groups is 1. The smallest absolute Gasteiger partial charge is 0.343 e. The summed E-state index contributed by atoms with van der Waals surface area (Å²) in [5.41, 5.74) is 3.59. The Bertz CT molecular complexity index is 1100. The predicted octanol–water partition coefficient (Wildman–Crippen LogP) is 4.54. The van der Waals surface area contributed by atoms with E-state index in [-0.39, 0.29) is 11.5 Å². The zero-order valence-corrected chi connectivity index (χ0v) is 18.1. The maximum absolute atomic E-state index is 12.5. The summed E-state index contributed by atoms with van der Waals surface area (Å²) in [6.07, 6.45) is 1.38. The highest BCUT2D eigenvalue weighted by Gasteiger charge is 2.12. The maximum Gasteiger partial charge on any atom is 0.343 e. The lowest BCUT2D eigenvalue weighted by atomic mass is 10.2. The number of phenols is 1. The molecule has 0 unspecified atom stereocenters. The number of hydrogen-bond acceptors (Lipinski definition) is 6. The van der Waals surface area contributed by atoms with Crippen molar-refractivity contribution in [2.75, 3.05) is 6.61 Å². The third-order valence-electron chi connectivity index (χ3n) is 4.07. The largest absolute Gasteiger partial charge is 0.508 e. The van der Waals surface area contributed by atoms with Crippen molar-refractivity contribution in [3.05, 3.63) is 87.9 Å². The molecular formula is C23H19BrN2O5. The van der Waals surface area contributed by atoms with Crippen molar-refractivity contribution in [3.63, 3.8) is 0 Å². The Hall–Kier alpha value is -3.65. The van der Waals surface area contributed by atoms with Crippen molar-refractivity contribution < 1.29 is 24.2 Å². The van der Waals surface area contributed by atoms with Crippen molar-refractivity contribution in [2.24, 2.45) is 5.10 Å². The number of nitrogens with one attached hydrogen (secondary N) is 1. The minimum atomic E-state index is -0.534. The predicted molar refractivity (Wildman–Crippen MR) is 120 cm³/mol. The highest BCUT2D eigenvalue weighted by molar-refractivity contribution is 9.10. The van der Waals surface area contributed by atoms with E-state index in [2.05, 4.69) is 26.5 Å². The van der Waals surface area contributed by atoms with Gasteiger partial charge >= 0.3 is 5.97 Å². The Morgan fingerprint density at radius 3 is 2.39 bits per heavy atom. The molecule has 0 aliphatic rings. The number of amides is 1. The van der Waals surface area contributed by atoms with E-state index in [9.17, 15) is 14.7 Å². The van der Waals surface area contributed by atoms with Crippen LogP contribution >= 0.6 is 15.9 Å². The minimum absolute atomic E-state index is 0.0631. The molecule has 0 radical (unpaired) electrons. The van der Waals surface area contributed by atoms with Crippen LogP contribution in [0, 0.1) is 0 Å². The third kappa shape index (κ3) is 6.16. The summed E-state index contributed by atoms with van der Waals surface area (Å²) in [6.45, 7) is 2.42. The molecule has 158 valence electrons. The van der Waals surface area contributed by atoms with Gasteiger partial charge in [-0.25, -0.2) is 10.2 Å². The van der Waals surface area contributed by atoms with Crippen LogP contribution in [0.5, 0.6) is 17.2 Å². The number of halogens is 1. The van der Waals surface area contributed by atoms with Gasteiger partial charge in [0.25, 0.3) is 5.91 Å². The van der Waals surface area contributed by atoms with E-state index in [1.54, 1.807) is 42.5 Å². The molecule has 3 aromatic rings. The molecule has 0 bridgehead atoms. The number of esters is 1. The molecule has 7 nitrogen and oxygen atoms in total. The minimum Gasteiger partial charge on any atom is -0.508 e. The average molecular weight is 483 g/mol. The SMILES string of the molecule is CCOc1ccc(C(=O)Oc2ccc(Br)cc2/C=N\NC(=O)c2ccc(O)cc2)cc1. The summed E-state index contributed by atoms with van der Waals surface area (Å²) < 4.78 is 11.6. The topological polar surface area (TPSA) is 97.2 Å². The molecule has 2 N–H and O–H groups in total. The quantitative estimate of drug-likeness (QED) is 0.223. The third-order valence-corrected chi connectivity index (χ3v) is 4.57. The van der Waals surface area contributed by atoms with Gasteiger partial charge in [-0.2, -0.15) is 5.10 Å². The van der Waals surface area contributed by atoms with E-state index < -0.39 is 11.9 Å². The first-order chi connectivity index (χ1) is 15.0. The van der Waals surface area contributed by atoms with E-state index in [0.717, 1.165) is 4.47 Å². The van der Waals surface area contributed by atoms with Gasteiger partial charge in [0.1, 0.15) is 17.2 Å². The Kier molecular flexibility index (Phi) is 7.40. The molecule has 0 aliphatic heterocycles. The van der Waals surface area contributed by atoms with Gasteiger partial charge in [-0.05, 0) is 73.7 Å². The highest BCUT2D eigenvalue weighted by Crippen LogP contribution is 2.23. The molecule has 0 spiro atoms. The average Bonchev–Trinajstić information content (AvgIpc) is 2.76. The number of hydrazone groups is 1. The molecule has 8 heteroatoms. The van der Waals surface area contributed by atoms with Gasteiger partial charge in [-0.15, -0.1) is 0 Å². The van der Waals surface area contributed by atoms with Crippen LogP contribution in [0.1, 0.15) is 33.2 Å². The van der Waals surface area contributed by atoms with Gasteiger partial charge in [0.2, 0.25) is 0 Å². The second kappa shape index (κ2) is 10.4. The van der Waals surface area contributed by atoms with E-state index in [1.807, 2.05) is 6.92 Å². The fourth-order valence-corrected chi connectivity index (χ4v) is 2.94. The summed E-state index contributed by atoms with van der Waals surface area (Å²) in [6, 6.07) is 17.5. The van der Waals surface area contributed by atoms with Crippen LogP contribution < -0.4 is 14.9 Å². The number of nitrogens with zero attached hydrogens (tertiary/aromatic N) is 1. The normalized spacial score (nSPS) is 10.6. The zero-order valence-electron chi connectivity index (χ0n) is 16.5. The van der Waals surface area contributed by atoms with Crippen molar-refractivity contribution in [1.82, 2.24) is 5.43 Å². The van der Waals surface area contributed by atoms with E-state index >= 15 is 0 Å². The summed E-state index contributed by atoms with van der Waals surface area (Å²) >= 11 is 3.37. The number of carbonyl (C=O) groups is 2. The molecule has 0 saturated carbocycles. The Morgan fingerprint density at radius 1 is 1.03 bits per heavy atom. The Labute approximate surface area is 187 Å². The molecule has 1 amide bonds. The zero-order chi connectivity index (χ0) is 22.2. The summed E-state index contributed by atoms with van der Waals surface area (Å²) in [5, 5.41) is 13.2. The molecule has 3 aromatic carbocycles. The molecule has 0 atom stereocenters. The molecule has 3 rings (SSSR count). The fraction of sp³-hybridized carbons (Fsp3) is 0.0870. The number of ether oxygens (including phenoxy) is 2. The first kappa shape index (κ1) is 22.0. The number of benzene rings is 3. The van der Waals surface area contributed by atoms with E-state index in [1.165, 1.54) is 30.5 Å². The summed E-state index contributed by atoms with van der Waals surface area (Å²) in [7, 11) is 0. The van der Waals surface area contributed by atoms with Crippen molar-refractivity contribution in [2.45, 2.75) is 6.92 Å². The van der Waals surface area contributed by atoms with E-state index in [0.29, 0.717) is 29.0 Å². The molecule has 31 heavy (non-hydrogen) atoms. The molecule has 0 aromatic heterocycles. The van der Waals surface area contributed by atoms with Gasteiger partial charge in [0.05, 0.1) is 18.4 Å².